The Hall–Kier alpha value is -1.51. The average molecular weight is 208 g/mol. The predicted octanol–water partition coefficient (Wildman–Crippen LogP) is 2.48. The average Bonchev–Trinajstić information content (AvgIpc) is 2.16. The number of ether oxygens (including phenoxy) is 1. The van der Waals surface area contributed by atoms with Crippen LogP contribution in [0.5, 0.6) is 5.75 Å². The van der Waals surface area contributed by atoms with Crippen molar-refractivity contribution in [1.29, 1.82) is 0 Å². The van der Waals surface area contributed by atoms with Gasteiger partial charge in [0.15, 0.2) is 0 Å². The molecule has 1 aromatic carbocycles. The van der Waals surface area contributed by atoms with Crippen molar-refractivity contribution in [2.75, 3.05) is 0 Å². The molecular weight excluding hydrogens is 192 g/mol. The quantitative estimate of drug-likeness (QED) is 0.773. The van der Waals surface area contributed by atoms with E-state index >= 15 is 0 Å². The molecule has 3 nitrogen and oxygen atoms in total. The number of hydrogen-bond donors (Lipinski definition) is 1. The second-order valence-corrected chi connectivity index (χ2v) is 3.93. The molecule has 82 valence electrons. The molecule has 0 unspecified atom stereocenters. The van der Waals surface area contributed by atoms with Gasteiger partial charge in [-0.3, -0.25) is 4.79 Å². The van der Waals surface area contributed by atoms with Crippen LogP contribution in [0.15, 0.2) is 24.3 Å². The minimum Gasteiger partial charge on any atom is -0.508 e. The van der Waals surface area contributed by atoms with Crippen molar-refractivity contribution in [1.82, 2.24) is 0 Å². The first-order chi connectivity index (χ1) is 7.08. The fourth-order valence-corrected chi connectivity index (χ4v) is 1.15. The molecule has 0 bridgehead atoms. The van der Waals surface area contributed by atoms with Crippen LogP contribution in [0.4, 0.5) is 0 Å². The molecule has 0 atom stereocenters. The molecule has 0 amide bonds. The van der Waals surface area contributed by atoms with Gasteiger partial charge in [0.05, 0.1) is 0 Å². The fourth-order valence-electron chi connectivity index (χ4n) is 1.15. The lowest BCUT2D eigenvalue weighted by atomic mass is 10.1. The van der Waals surface area contributed by atoms with Gasteiger partial charge in [0.25, 0.3) is 0 Å². The van der Waals surface area contributed by atoms with Crippen LogP contribution in [0, 0.1) is 5.92 Å². The summed E-state index contributed by atoms with van der Waals surface area (Å²) in [5, 5.41) is 9.05. The van der Waals surface area contributed by atoms with Crippen LogP contribution in [-0.2, 0) is 16.1 Å². The Morgan fingerprint density at radius 3 is 2.47 bits per heavy atom. The highest BCUT2D eigenvalue weighted by atomic mass is 16.5. The number of rotatable bonds is 4. The number of hydrogen-bond acceptors (Lipinski definition) is 3. The molecule has 0 aliphatic rings. The van der Waals surface area contributed by atoms with Gasteiger partial charge < -0.3 is 9.84 Å². The van der Waals surface area contributed by atoms with Crippen LogP contribution in [0.3, 0.4) is 0 Å². The molecule has 0 aromatic heterocycles. The number of carbonyl (C=O) groups excluding carboxylic acids is 1. The Kier molecular flexibility index (Phi) is 4.16. The van der Waals surface area contributed by atoms with E-state index in [1.165, 1.54) is 0 Å². The molecule has 15 heavy (non-hydrogen) atoms. The van der Waals surface area contributed by atoms with Crippen molar-refractivity contribution >= 4 is 5.97 Å². The van der Waals surface area contributed by atoms with Gasteiger partial charge >= 0.3 is 5.97 Å². The molecule has 0 spiro atoms. The maximum Gasteiger partial charge on any atom is 0.306 e. The van der Waals surface area contributed by atoms with E-state index in [1.54, 1.807) is 24.3 Å². The van der Waals surface area contributed by atoms with Crippen LogP contribution in [-0.4, -0.2) is 11.1 Å². The molecule has 1 aromatic rings. The summed E-state index contributed by atoms with van der Waals surface area (Å²) < 4.78 is 5.06. The van der Waals surface area contributed by atoms with Gasteiger partial charge in [-0.15, -0.1) is 0 Å². The van der Waals surface area contributed by atoms with Crippen molar-refractivity contribution in [2.45, 2.75) is 26.9 Å². The molecule has 0 saturated carbocycles. The zero-order valence-corrected chi connectivity index (χ0v) is 9.06. The Morgan fingerprint density at radius 1 is 1.33 bits per heavy atom. The highest BCUT2D eigenvalue weighted by Gasteiger charge is 2.05. The normalized spacial score (nSPS) is 10.3. The summed E-state index contributed by atoms with van der Waals surface area (Å²) in [5.74, 6) is 0.350. The predicted molar refractivity (Wildman–Crippen MR) is 57.4 cm³/mol. The van der Waals surface area contributed by atoms with Gasteiger partial charge in [-0.1, -0.05) is 26.0 Å². The minimum atomic E-state index is -0.182. The van der Waals surface area contributed by atoms with Crippen molar-refractivity contribution in [3.8, 4) is 5.75 Å². The smallest absolute Gasteiger partial charge is 0.306 e. The Labute approximate surface area is 89.7 Å². The summed E-state index contributed by atoms with van der Waals surface area (Å²) in [5.41, 5.74) is 0.880. The van der Waals surface area contributed by atoms with Gasteiger partial charge in [0.1, 0.15) is 12.4 Å². The number of phenols is 1. The zero-order chi connectivity index (χ0) is 11.3. The molecule has 1 rings (SSSR count). The summed E-state index contributed by atoms with van der Waals surface area (Å²) in [4.78, 5) is 11.2. The van der Waals surface area contributed by atoms with Crippen molar-refractivity contribution in [3.63, 3.8) is 0 Å². The fraction of sp³-hybridized carbons (Fsp3) is 0.417. The topological polar surface area (TPSA) is 46.5 Å². The summed E-state index contributed by atoms with van der Waals surface area (Å²) in [7, 11) is 0. The molecule has 1 N–H and O–H groups in total. The standard InChI is InChI=1S/C12H16O3/c1-9(2)7-12(14)15-8-10-3-5-11(13)6-4-10/h3-6,9,13H,7-8H2,1-2H3. The Bertz CT molecular complexity index is 314. The molecule has 0 aliphatic carbocycles. The molecule has 3 heteroatoms. The van der Waals surface area contributed by atoms with Crippen LogP contribution in [0.2, 0.25) is 0 Å². The molecule has 0 saturated heterocycles. The maximum atomic E-state index is 11.2. The minimum absolute atomic E-state index is 0.182. The summed E-state index contributed by atoms with van der Waals surface area (Å²) in [6.45, 7) is 4.22. The number of phenolic OH excluding ortho intramolecular Hbond substituents is 1. The van der Waals surface area contributed by atoms with Crippen molar-refractivity contribution in [3.05, 3.63) is 29.8 Å². The number of aromatic hydroxyl groups is 1. The van der Waals surface area contributed by atoms with Gasteiger partial charge in [0.2, 0.25) is 0 Å². The van der Waals surface area contributed by atoms with E-state index in [4.69, 9.17) is 9.84 Å². The summed E-state index contributed by atoms with van der Waals surface area (Å²) >= 11 is 0. The third-order valence-electron chi connectivity index (χ3n) is 1.91. The molecule has 0 heterocycles. The lowest BCUT2D eigenvalue weighted by Crippen LogP contribution is -2.07. The number of esters is 1. The lowest BCUT2D eigenvalue weighted by molar-refractivity contribution is -0.145. The van der Waals surface area contributed by atoms with Crippen LogP contribution >= 0.6 is 0 Å². The second kappa shape index (κ2) is 5.39. The van der Waals surface area contributed by atoms with Crippen LogP contribution < -0.4 is 0 Å². The molecule has 0 fully saturated rings. The van der Waals surface area contributed by atoms with E-state index in [1.807, 2.05) is 13.8 Å². The van der Waals surface area contributed by atoms with Crippen LogP contribution in [0.1, 0.15) is 25.8 Å². The molecule has 0 radical (unpaired) electrons. The number of benzene rings is 1. The Balaban J connectivity index is 2.37. The van der Waals surface area contributed by atoms with Gasteiger partial charge in [-0.2, -0.15) is 0 Å². The monoisotopic (exact) mass is 208 g/mol. The SMILES string of the molecule is CC(C)CC(=O)OCc1ccc(O)cc1. The summed E-state index contributed by atoms with van der Waals surface area (Å²) in [6, 6.07) is 6.62. The Morgan fingerprint density at radius 2 is 1.93 bits per heavy atom. The van der Waals surface area contributed by atoms with E-state index in [9.17, 15) is 4.79 Å². The van der Waals surface area contributed by atoms with E-state index in [0.29, 0.717) is 12.3 Å². The van der Waals surface area contributed by atoms with Gasteiger partial charge in [-0.25, -0.2) is 0 Å². The highest BCUT2D eigenvalue weighted by molar-refractivity contribution is 5.69. The third kappa shape index (κ3) is 4.49. The van der Waals surface area contributed by atoms with Crippen molar-refractivity contribution < 1.29 is 14.6 Å². The van der Waals surface area contributed by atoms with Gasteiger partial charge in [-0.05, 0) is 23.6 Å². The van der Waals surface area contributed by atoms with E-state index in [0.717, 1.165) is 5.56 Å². The van der Waals surface area contributed by atoms with Crippen LogP contribution in [0.25, 0.3) is 0 Å². The zero-order valence-electron chi connectivity index (χ0n) is 9.06. The molecule has 0 aliphatic heterocycles. The van der Waals surface area contributed by atoms with Crippen molar-refractivity contribution in [2.24, 2.45) is 5.92 Å². The van der Waals surface area contributed by atoms with E-state index in [-0.39, 0.29) is 18.3 Å². The second-order valence-electron chi connectivity index (χ2n) is 3.93. The highest BCUT2D eigenvalue weighted by Crippen LogP contribution is 2.11. The number of carbonyl (C=O) groups is 1. The molecular formula is C12H16O3. The summed E-state index contributed by atoms with van der Waals surface area (Å²) in [6.07, 6.45) is 0.443. The largest absolute Gasteiger partial charge is 0.508 e. The maximum absolute atomic E-state index is 11.2. The first kappa shape index (κ1) is 11.6. The van der Waals surface area contributed by atoms with E-state index < -0.39 is 0 Å². The van der Waals surface area contributed by atoms with Gasteiger partial charge in [0, 0.05) is 6.42 Å². The lowest BCUT2D eigenvalue weighted by Gasteiger charge is -2.06. The first-order valence-electron chi connectivity index (χ1n) is 5.01. The third-order valence-corrected chi connectivity index (χ3v) is 1.91. The first-order valence-corrected chi connectivity index (χ1v) is 5.01. The van der Waals surface area contributed by atoms with E-state index in [2.05, 4.69) is 0 Å².